The van der Waals surface area contributed by atoms with Gasteiger partial charge in [0, 0.05) is 18.0 Å². The van der Waals surface area contributed by atoms with Crippen LogP contribution in [0.3, 0.4) is 0 Å². The van der Waals surface area contributed by atoms with Crippen molar-refractivity contribution in [2.75, 3.05) is 5.32 Å². The molecule has 4 rings (SSSR count). The molecule has 1 amide bonds. The van der Waals surface area contributed by atoms with Crippen LogP contribution in [0.15, 0.2) is 41.3 Å². The van der Waals surface area contributed by atoms with Crippen molar-refractivity contribution in [2.45, 2.75) is 38.0 Å². The molecular formula is C20H19F3N2O3. The van der Waals surface area contributed by atoms with E-state index in [2.05, 4.69) is 10.3 Å². The number of hydrogen-bond acceptors (Lipinski definition) is 3. The lowest BCUT2D eigenvalue weighted by molar-refractivity contribution is -0.137. The minimum absolute atomic E-state index is 0.0102. The number of amides is 1. The minimum Gasteiger partial charge on any atom is -0.489 e. The number of nitrogens with one attached hydrogen (secondary N) is 2. The molecule has 2 fully saturated rings. The summed E-state index contributed by atoms with van der Waals surface area (Å²) in [7, 11) is 0. The zero-order valence-electron chi connectivity index (χ0n) is 14.9. The zero-order chi connectivity index (χ0) is 19.9. The van der Waals surface area contributed by atoms with Gasteiger partial charge >= 0.3 is 6.18 Å². The van der Waals surface area contributed by atoms with Crippen molar-refractivity contribution < 1.29 is 22.7 Å². The van der Waals surface area contributed by atoms with E-state index in [1.165, 1.54) is 18.3 Å². The Balaban J connectivity index is 1.63. The van der Waals surface area contributed by atoms with E-state index in [1.807, 2.05) is 0 Å². The second kappa shape index (κ2) is 7.00. The van der Waals surface area contributed by atoms with Crippen LogP contribution >= 0.6 is 0 Å². The summed E-state index contributed by atoms with van der Waals surface area (Å²) in [5.41, 5.74) is -1.00. The summed E-state index contributed by atoms with van der Waals surface area (Å²) in [6.07, 6.45) is 0.624. The third-order valence-electron chi connectivity index (χ3n) is 5.54. The van der Waals surface area contributed by atoms with Gasteiger partial charge in [0.25, 0.3) is 5.91 Å². The molecule has 2 aliphatic carbocycles. The van der Waals surface area contributed by atoms with Gasteiger partial charge in [-0.2, -0.15) is 13.2 Å². The van der Waals surface area contributed by atoms with Crippen molar-refractivity contribution in [1.29, 1.82) is 0 Å². The SMILES string of the molecule is O=C(Nc1cc[nH]c(=O)c1)c1ccc(C(F)(F)F)cc1O[C@@H]1C[C@H]2CC[C@@H]1C2. The topological polar surface area (TPSA) is 71.2 Å². The summed E-state index contributed by atoms with van der Waals surface area (Å²) in [5.74, 6) is 0.171. The van der Waals surface area contributed by atoms with Gasteiger partial charge in [0.15, 0.2) is 0 Å². The van der Waals surface area contributed by atoms with Crippen LogP contribution in [0.4, 0.5) is 18.9 Å². The number of anilines is 1. The number of carbonyl (C=O) groups excluding carboxylic acids is 1. The van der Waals surface area contributed by atoms with E-state index in [9.17, 15) is 22.8 Å². The molecule has 1 heterocycles. The molecule has 2 bridgehead atoms. The van der Waals surface area contributed by atoms with E-state index in [-0.39, 0.29) is 23.1 Å². The highest BCUT2D eigenvalue weighted by Crippen LogP contribution is 2.46. The molecule has 0 radical (unpaired) electrons. The first-order valence-corrected chi connectivity index (χ1v) is 9.17. The lowest BCUT2D eigenvalue weighted by Gasteiger charge is -2.25. The first kappa shape index (κ1) is 18.6. The van der Waals surface area contributed by atoms with E-state index in [0.717, 1.165) is 43.9 Å². The summed E-state index contributed by atoms with van der Waals surface area (Å²) >= 11 is 0. The largest absolute Gasteiger partial charge is 0.489 e. The molecule has 5 nitrogen and oxygen atoms in total. The number of H-pyrrole nitrogens is 1. The van der Waals surface area contributed by atoms with Gasteiger partial charge in [-0.1, -0.05) is 0 Å². The molecule has 0 aliphatic heterocycles. The van der Waals surface area contributed by atoms with Crippen LogP contribution in [0.25, 0.3) is 0 Å². The predicted octanol–water partition coefficient (Wildman–Crippen LogP) is 4.21. The number of benzene rings is 1. The maximum Gasteiger partial charge on any atom is 0.416 e. The first-order chi connectivity index (χ1) is 13.3. The highest BCUT2D eigenvalue weighted by atomic mass is 19.4. The highest BCUT2D eigenvalue weighted by Gasteiger charge is 2.41. The molecule has 2 aliphatic rings. The molecule has 148 valence electrons. The molecule has 8 heteroatoms. The average molecular weight is 392 g/mol. The number of carbonyl (C=O) groups is 1. The third-order valence-corrected chi connectivity index (χ3v) is 5.54. The fourth-order valence-corrected chi connectivity index (χ4v) is 4.20. The Hall–Kier alpha value is -2.77. The maximum absolute atomic E-state index is 13.2. The number of alkyl halides is 3. The lowest BCUT2D eigenvalue weighted by Crippen LogP contribution is -2.25. The molecule has 2 N–H and O–H groups in total. The van der Waals surface area contributed by atoms with Crippen LogP contribution in [-0.2, 0) is 6.18 Å². The number of hydrogen-bond donors (Lipinski definition) is 2. The number of aromatic nitrogens is 1. The van der Waals surface area contributed by atoms with Crippen molar-refractivity contribution in [3.05, 3.63) is 58.0 Å². The Labute approximate surface area is 158 Å². The molecule has 1 aromatic heterocycles. The van der Waals surface area contributed by atoms with Gasteiger partial charge in [0.05, 0.1) is 11.1 Å². The molecule has 2 saturated carbocycles. The van der Waals surface area contributed by atoms with E-state index >= 15 is 0 Å². The van der Waals surface area contributed by atoms with Gasteiger partial charge in [-0.3, -0.25) is 9.59 Å². The van der Waals surface area contributed by atoms with Gasteiger partial charge in [-0.05, 0) is 61.8 Å². The van der Waals surface area contributed by atoms with Crippen molar-refractivity contribution >= 4 is 11.6 Å². The first-order valence-electron chi connectivity index (χ1n) is 9.17. The van der Waals surface area contributed by atoms with Gasteiger partial charge < -0.3 is 15.0 Å². The fourth-order valence-electron chi connectivity index (χ4n) is 4.20. The van der Waals surface area contributed by atoms with Gasteiger partial charge in [-0.25, -0.2) is 0 Å². The third kappa shape index (κ3) is 3.76. The van der Waals surface area contributed by atoms with Crippen LogP contribution in [0.1, 0.15) is 41.6 Å². The normalized spacial score (nSPS) is 23.6. The minimum atomic E-state index is -4.53. The molecule has 3 atom stereocenters. The van der Waals surface area contributed by atoms with Crippen molar-refractivity contribution in [1.82, 2.24) is 4.98 Å². The van der Waals surface area contributed by atoms with Crippen LogP contribution < -0.4 is 15.6 Å². The highest BCUT2D eigenvalue weighted by molar-refractivity contribution is 6.06. The Morgan fingerprint density at radius 3 is 2.61 bits per heavy atom. The van der Waals surface area contributed by atoms with Crippen LogP contribution in [0, 0.1) is 11.8 Å². The van der Waals surface area contributed by atoms with Crippen molar-refractivity contribution in [3.8, 4) is 5.75 Å². The van der Waals surface area contributed by atoms with Crippen LogP contribution in [0.5, 0.6) is 5.75 Å². The number of aromatic amines is 1. The fraction of sp³-hybridized carbons (Fsp3) is 0.400. The van der Waals surface area contributed by atoms with Gasteiger partial charge in [-0.15, -0.1) is 0 Å². The summed E-state index contributed by atoms with van der Waals surface area (Å²) in [6.45, 7) is 0. The number of ether oxygens (including phenoxy) is 1. The summed E-state index contributed by atoms with van der Waals surface area (Å²) in [6, 6.07) is 5.55. The molecule has 0 unspecified atom stereocenters. The molecule has 1 aromatic carbocycles. The summed E-state index contributed by atoms with van der Waals surface area (Å²) < 4.78 is 45.4. The molecule has 0 saturated heterocycles. The van der Waals surface area contributed by atoms with E-state index < -0.39 is 23.2 Å². The second-order valence-corrected chi connectivity index (χ2v) is 7.44. The van der Waals surface area contributed by atoms with Gasteiger partial charge in [0.2, 0.25) is 5.56 Å². The standard InChI is InChI=1S/C20H19F3N2O3/c21-20(22,23)13-3-4-15(19(27)25-14-5-6-24-18(26)10-14)17(9-13)28-16-8-11-1-2-12(16)7-11/h3-6,9-12,16H,1-2,7-8H2,(H2,24,25,26,27)/t11-,12+,16+/m0/s1. The Kier molecular flexibility index (Phi) is 4.64. The second-order valence-electron chi connectivity index (χ2n) is 7.44. The van der Waals surface area contributed by atoms with Gasteiger partial charge in [0.1, 0.15) is 11.9 Å². The average Bonchev–Trinajstić information content (AvgIpc) is 3.24. The Bertz CT molecular complexity index is 954. The molecule has 0 spiro atoms. The van der Waals surface area contributed by atoms with Crippen molar-refractivity contribution in [3.63, 3.8) is 0 Å². The van der Waals surface area contributed by atoms with Crippen LogP contribution in [-0.4, -0.2) is 17.0 Å². The summed E-state index contributed by atoms with van der Waals surface area (Å²) in [5, 5.41) is 2.54. The van der Waals surface area contributed by atoms with E-state index in [1.54, 1.807) is 0 Å². The number of fused-ring (bicyclic) bond motifs is 2. The number of pyridine rings is 1. The molecule has 28 heavy (non-hydrogen) atoms. The van der Waals surface area contributed by atoms with E-state index in [0.29, 0.717) is 11.8 Å². The predicted molar refractivity (Wildman–Crippen MR) is 96.3 cm³/mol. The Morgan fingerprint density at radius 1 is 1.14 bits per heavy atom. The monoisotopic (exact) mass is 392 g/mol. The quantitative estimate of drug-likeness (QED) is 0.819. The summed E-state index contributed by atoms with van der Waals surface area (Å²) in [4.78, 5) is 26.5. The molecular weight excluding hydrogens is 373 g/mol. The maximum atomic E-state index is 13.2. The zero-order valence-corrected chi connectivity index (χ0v) is 14.9. The number of rotatable bonds is 4. The van der Waals surface area contributed by atoms with Crippen molar-refractivity contribution in [2.24, 2.45) is 11.8 Å². The molecule has 2 aromatic rings. The van der Waals surface area contributed by atoms with E-state index in [4.69, 9.17) is 4.74 Å². The Morgan fingerprint density at radius 2 is 1.96 bits per heavy atom. The lowest BCUT2D eigenvalue weighted by atomic mass is 9.97. The number of halogens is 3. The van der Waals surface area contributed by atoms with Crippen LogP contribution in [0.2, 0.25) is 0 Å². The smallest absolute Gasteiger partial charge is 0.416 e.